The summed E-state index contributed by atoms with van der Waals surface area (Å²) >= 11 is 6.09. The highest BCUT2D eigenvalue weighted by atomic mass is 35.5. The van der Waals surface area contributed by atoms with E-state index >= 15 is 0 Å². The largest absolute Gasteiger partial charge is 0.385 e. The van der Waals surface area contributed by atoms with E-state index in [1.165, 1.54) is 0 Å². The van der Waals surface area contributed by atoms with E-state index < -0.39 is 0 Å². The number of nitrogens with two attached hydrogens (primary N) is 1. The fraction of sp³-hybridized carbons (Fsp3) is 0.440. The number of likely N-dealkylation sites (tertiary alicyclic amines) is 1. The number of aryl methyl sites for hydroxylation is 1. The van der Waals surface area contributed by atoms with Gasteiger partial charge in [0.1, 0.15) is 5.82 Å². The van der Waals surface area contributed by atoms with Gasteiger partial charge in [-0.15, -0.1) is 0 Å². The summed E-state index contributed by atoms with van der Waals surface area (Å²) in [5, 5.41) is 0.635. The van der Waals surface area contributed by atoms with Crippen molar-refractivity contribution in [1.82, 2.24) is 14.5 Å². The van der Waals surface area contributed by atoms with E-state index in [1.54, 1.807) is 7.11 Å². The molecule has 0 saturated carbocycles. The molecule has 1 aromatic heterocycles. The van der Waals surface area contributed by atoms with Crippen molar-refractivity contribution in [3.8, 4) is 0 Å². The highest BCUT2D eigenvalue weighted by molar-refractivity contribution is 6.30. The monoisotopic (exact) mass is 454 g/mol. The van der Waals surface area contributed by atoms with Gasteiger partial charge in [-0.25, -0.2) is 4.98 Å². The number of piperidine rings is 1. The fourth-order valence-electron chi connectivity index (χ4n) is 4.59. The van der Waals surface area contributed by atoms with Crippen LogP contribution in [-0.2, 0) is 16.1 Å². The molecule has 0 bridgehead atoms. The molecular formula is C25H31ClN4O2. The van der Waals surface area contributed by atoms with Crippen LogP contribution >= 0.6 is 11.6 Å². The Morgan fingerprint density at radius 2 is 2.12 bits per heavy atom. The summed E-state index contributed by atoms with van der Waals surface area (Å²) in [6.45, 7) is 3.01. The van der Waals surface area contributed by atoms with Gasteiger partial charge in [0.05, 0.1) is 11.0 Å². The Kier molecular flexibility index (Phi) is 7.45. The summed E-state index contributed by atoms with van der Waals surface area (Å²) in [4.78, 5) is 20.0. The van der Waals surface area contributed by atoms with Crippen molar-refractivity contribution in [2.24, 2.45) is 5.73 Å². The summed E-state index contributed by atoms with van der Waals surface area (Å²) in [5.41, 5.74) is 9.36. The number of ether oxygens (including phenoxy) is 1. The van der Waals surface area contributed by atoms with Crippen molar-refractivity contribution < 1.29 is 9.53 Å². The number of amides is 1. The van der Waals surface area contributed by atoms with Gasteiger partial charge >= 0.3 is 0 Å². The Morgan fingerprint density at radius 3 is 2.94 bits per heavy atom. The molecule has 2 aromatic carbocycles. The van der Waals surface area contributed by atoms with Crippen LogP contribution in [0.5, 0.6) is 0 Å². The molecule has 7 heteroatoms. The van der Waals surface area contributed by atoms with Crippen LogP contribution in [0.4, 0.5) is 0 Å². The van der Waals surface area contributed by atoms with E-state index in [2.05, 4.69) is 22.8 Å². The van der Waals surface area contributed by atoms with Crippen molar-refractivity contribution in [2.75, 3.05) is 26.8 Å². The minimum absolute atomic E-state index is 0.0872. The van der Waals surface area contributed by atoms with E-state index in [1.807, 2.05) is 35.2 Å². The average Bonchev–Trinajstić information content (AvgIpc) is 3.18. The molecule has 1 saturated heterocycles. The number of imidazole rings is 1. The van der Waals surface area contributed by atoms with Crippen LogP contribution in [0, 0.1) is 0 Å². The molecule has 1 amide bonds. The summed E-state index contributed by atoms with van der Waals surface area (Å²) < 4.78 is 7.57. The fourth-order valence-corrected chi connectivity index (χ4v) is 4.79. The lowest BCUT2D eigenvalue weighted by Crippen LogP contribution is -2.40. The summed E-state index contributed by atoms with van der Waals surface area (Å²) in [7, 11) is 1.73. The molecule has 32 heavy (non-hydrogen) atoms. The van der Waals surface area contributed by atoms with Gasteiger partial charge in [0, 0.05) is 56.8 Å². The molecule has 1 fully saturated rings. The van der Waals surface area contributed by atoms with Crippen LogP contribution in [0.25, 0.3) is 11.0 Å². The first-order chi connectivity index (χ1) is 15.6. The second kappa shape index (κ2) is 10.5. The van der Waals surface area contributed by atoms with Crippen LogP contribution in [0.1, 0.15) is 49.0 Å². The van der Waals surface area contributed by atoms with Crippen LogP contribution in [0.15, 0.2) is 48.5 Å². The summed E-state index contributed by atoms with van der Waals surface area (Å²) in [6.07, 6.45) is 3.19. The van der Waals surface area contributed by atoms with Crippen LogP contribution in [0.3, 0.4) is 0 Å². The van der Waals surface area contributed by atoms with Gasteiger partial charge in [0.15, 0.2) is 0 Å². The molecule has 2 atom stereocenters. The lowest BCUT2D eigenvalue weighted by Gasteiger charge is -2.33. The molecular weight excluding hydrogens is 424 g/mol. The quantitative estimate of drug-likeness (QED) is 0.508. The summed E-state index contributed by atoms with van der Waals surface area (Å²) in [6, 6.07) is 15.3. The number of para-hydroxylation sites is 2. The number of nitrogens with zero attached hydrogens (tertiary/aromatic N) is 3. The maximum absolute atomic E-state index is 13.1. The van der Waals surface area contributed by atoms with Crippen LogP contribution < -0.4 is 5.73 Å². The zero-order valence-electron chi connectivity index (χ0n) is 18.5. The number of aromatic nitrogens is 2. The normalized spacial score (nSPS) is 17.6. The van der Waals surface area contributed by atoms with Gasteiger partial charge in [-0.1, -0.05) is 35.9 Å². The first kappa shape index (κ1) is 22.8. The zero-order valence-corrected chi connectivity index (χ0v) is 19.3. The molecule has 170 valence electrons. The second-order valence-electron chi connectivity index (χ2n) is 8.50. The highest BCUT2D eigenvalue weighted by Gasteiger charge is 2.29. The predicted octanol–water partition coefficient (Wildman–Crippen LogP) is 4.52. The molecule has 2 N–H and O–H groups in total. The van der Waals surface area contributed by atoms with Gasteiger partial charge in [-0.2, -0.15) is 0 Å². The smallest absolute Gasteiger partial charge is 0.224 e. The molecule has 1 aliphatic rings. The molecule has 6 nitrogen and oxygen atoms in total. The first-order valence-corrected chi connectivity index (χ1v) is 11.7. The molecule has 2 heterocycles. The third-order valence-electron chi connectivity index (χ3n) is 6.22. The van der Waals surface area contributed by atoms with Crippen molar-refractivity contribution in [3.05, 3.63) is 64.9 Å². The SMILES string of the molecule is COCCCn1c([C@@H]2CCCN(C(=O)C[C@H](N)c3cccc(Cl)c3)C2)nc2ccccc21. The number of hydrogen-bond acceptors (Lipinski definition) is 4. The van der Waals surface area contributed by atoms with Gasteiger partial charge < -0.3 is 19.9 Å². The number of rotatable bonds is 8. The number of methoxy groups -OCH3 is 1. The standard InChI is InChI=1S/C25H31ClN4O2/c1-32-14-6-13-30-23-11-3-2-10-22(23)28-25(30)19-8-5-12-29(17-19)24(31)16-21(27)18-7-4-9-20(26)15-18/h2-4,7,9-11,15,19,21H,5-6,8,12-14,16-17,27H2,1H3/t19-,21+/m1/s1. The lowest BCUT2D eigenvalue weighted by molar-refractivity contribution is -0.132. The van der Waals surface area contributed by atoms with E-state index in [4.69, 9.17) is 27.1 Å². The minimum atomic E-state index is -0.361. The maximum atomic E-state index is 13.1. The number of halogens is 1. The average molecular weight is 455 g/mol. The Balaban J connectivity index is 1.49. The molecule has 0 radical (unpaired) electrons. The van der Waals surface area contributed by atoms with E-state index in [-0.39, 0.29) is 24.3 Å². The Morgan fingerprint density at radius 1 is 1.28 bits per heavy atom. The highest BCUT2D eigenvalue weighted by Crippen LogP contribution is 2.30. The molecule has 0 spiro atoms. The number of benzene rings is 2. The molecule has 1 aliphatic heterocycles. The Labute approximate surface area is 194 Å². The number of fused-ring (bicyclic) bond motifs is 1. The molecule has 4 rings (SSSR count). The van der Waals surface area contributed by atoms with Crippen molar-refractivity contribution in [3.63, 3.8) is 0 Å². The van der Waals surface area contributed by atoms with Gasteiger partial charge in [0.2, 0.25) is 5.91 Å². The summed E-state index contributed by atoms with van der Waals surface area (Å²) in [5.74, 6) is 1.37. The Bertz CT molecular complexity index is 1070. The lowest BCUT2D eigenvalue weighted by atomic mass is 9.96. The van der Waals surface area contributed by atoms with Crippen LogP contribution in [0.2, 0.25) is 5.02 Å². The van der Waals surface area contributed by atoms with Gasteiger partial charge in [-0.3, -0.25) is 4.79 Å². The first-order valence-electron chi connectivity index (χ1n) is 11.3. The van der Waals surface area contributed by atoms with E-state index in [0.29, 0.717) is 18.2 Å². The third-order valence-corrected chi connectivity index (χ3v) is 6.46. The molecule has 3 aromatic rings. The van der Waals surface area contributed by atoms with Crippen molar-refractivity contribution in [2.45, 2.75) is 44.2 Å². The molecule has 0 aliphatic carbocycles. The minimum Gasteiger partial charge on any atom is -0.385 e. The number of carbonyl (C=O) groups is 1. The second-order valence-corrected chi connectivity index (χ2v) is 8.94. The third kappa shape index (κ3) is 5.14. The molecule has 0 unspecified atom stereocenters. The van der Waals surface area contributed by atoms with Gasteiger partial charge in [-0.05, 0) is 49.1 Å². The predicted molar refractivity (Wildman–Crippen MR) is 128 cm³/mol. The van der Waals surface area contributed by atoms with Gasteiger partial charge in [0.25, 0.3) is 0 Å². The van der Waals surface area contributed by atoms with E-state index in [9.17, 15) is 4.79 Å². The topological polar surface area (TPSA) is 73.4 Å². The number of hydrogen-bond donors (Lipinski definition) is 1. The van der Waals surface area contributed by atoms with Crippen LogP contribution in [-0.4, -0.2) is 47.2 Å². The zero-order chi connectivity index (χ0) is 22.5. The van der Waals surface area contributed by atoms with Crippen molar-refractivity contribution in [1.29, 1.82) is 0 Å². The van der Waals surface area contributed by atoms with E-state index in [0.717, 1.165) is 54.8 Å². The van der Waals surface area contributed by atoms with Crippen molar-refractivity contribution >= 4 is 28.5 Å². The Hall–Kier alpha value is -2.41. The maximum Gasteiger partial charge on any atom is 0.224 e. The number of carbonyl (C=O) groups excluding carboxylic acids is 1.